The van der Waals surface area contributed by atoms with Crippen molar-refractivity contribution in [3.05, 3.63) is 65.8 Å². The number of carbonyl (C=O) groups excluding carboxylic acids is 1. The first-order chi connectivity index (χ1) is 12.3. The van der Waals surface area contributed by atoms with Crippen molar-refractivity contribution in [1.82, 2.24) is 10.1 Å². The van der Waals surface area contributed by atoms with Crippen LogP contribution >= 0.6 is 0 Å². The first-order valence-electron chi connectivity index (χ1n) is 7.22. The third-order valence-electron chi connectivity index (χ3n) is 3.31. The number of halogens is 1. The summed E-state index contributed by atoms with van der Waals surface area (Å²) in [5.74, 6) is -1.73. The average Bonchev–Trinajstić information content (AvgIpc) is 3.09. The van der Waals surface area contributed by atoms with Crippen LogP contribution in [-0.2, 0) is 21.4 Å². The minimum Gasteiger partial charge on any atom is -0.452 e. The Labute approximate surface area is 147 Å². The van der Waals surface area contributed by atoms with Crippen LogP contribution in [0.3, 0.4) is 0 Å². The van der Waals surface area contributed by atoms with Crippen molar-refractivity contribution in [1.29, 1.82) is 0 Å². The van der Waals surface area contributed by atoms with Crippen molar-refractivity contribution in [3.8, 4) is 11.4 Å². The van der Waals surface area contributed by atoms with Gasteiger partial charge in [-0.05, 0) is 18.2 Å². The Hall–Kier alpha value is -3.11. The number of aromatic nitrogens is 2. The molecule has 8 nitrogen and oxygen atoms in total. The molecule has 1 heterocycles. The molecule has 0 atom stereocenters. The number of hydrogen-bond acceptors (Lipinski definition) is 7. The lowest BCUT2D eigenvalue weighted by Crippen LogP contribution is -2.14. The van der Waals surface area contributed by atoms with Crippen molar-refractivity contribution in [2.75, 3.05) is 0 Å². The fraction of sp³-hybridized carbons (Fsp3) is 0.0625. The van der Waals surface area contributed by atoms with E-state index in [2.05, 4.69) is 10.1 Å². The Bertz CT molecular complexity index is 1050. The molecule has 0 bridgehead atoms. The van der Waals surface area contributed by atoms with Crippen LogP contribution in [0.5, 0.6) is 0 Å². The second kappa shape index (κ2) is 7.02. The summed E-state index contributed by atoms with van der Waals surface area (Å²) in [5, 5.41) is 8.72. The molecular formula is C16H12FN3O5S. The molecule has 1 aromatic heterocycles. The maximum atomic E-state index is 13.8. The number of rotatable bonds is 5. The lowest BCUT2D eigenvalue weighted by molar-refractivity contribution is 0.0424. The Balaban J connectivity index is 1.73. The summed E-state index contributed by atoms with van der Waals surface area (Å²) in [4.78, 5) is 15.7. The van der Waals surface area contributed by atoms with E-state index < -0.39 is 38.9 Å². The molecule has 0 radical (unpaired) electrons. The fourth-order valence-electron chi connectivity index (χ4n) is 2.06. The van der Waals surface area contributed by atoms with Crippen molar-refractivity contribution in [3.63, 3.8) is 0 Å². The number of nitrogens with zero attached hydrogens (tertiary/aromatic N) is 2. The first-order valence-corrected chi connectivity index (χ1v) is 8.77. The van der Waals surface area contributed by atoms with E-state index in [0.717, 1.165) is 18.2 Å². The molecule has 10 heteroatoms. The summed E-state index contributed by atoms with van der Waals surface area (Å²) in [6.07, 6.45) is 0. The van der Waals surface area contributed by atoms with Crippen LogP contribution in [0.25, 0.3) is 11.4 Å². The molecule has 0 fully saturated rings. The Kier molecular flexibility index (Phi) is 4.78. The number of benzene rings is 2. The molecule has 0 amide bonds. The average molecular weight is 377 g/mol. The molecule has 0 saturated heterocycles. The molecule has 0 aliphatic carbocycles. The van der Waals surface area contributed by atoms with E-state index in [1.165, 1.54) is 0 Å². The van der Waals surface area contributed by atoms with Gasteiger partial charge in [0.2, 0.25) is 15.8 Å². The summed E-state index contributed by atoms with van der Waals surface area (Å²) >= 11 is 0. The molecule has 0 aliphatic heterocycles. The lowest BCUT2D eigenvalue weighted by Gasteiger charge is -2.05. The number of primary sulfonamides is 1. The number of sulfonamides is 1. The second-order valence-electron chi connectivity index (χ2n) is 5.14. The van der Waals surface area contributed by atoms with Crippen LogP contribution in [0.15, 0.2) is 57.9 Å². The third-order valence-corrected chi connectivity index (χ3v) is 4.22. The van der Waals surface area contributed by atoms with Gasteiger partial charge in [-0.3, -0.25) is 0 Å². The van der Waals surface area contributed by atoms with E-state index in [-0.39, 0.29) is 5.89 Å². The van der Waals surface area contributed by atoms with Gasteiger partial charge in [-0.2, -0.15) is 4.98 Å². The smallest absolute Gasteiger partial charge is 0.341 e. The Morgan fingerprint density at radius 1 is 1.19 bits per heavy atom. The molecule has 0 aliphatic rings. The molecule has 0 unspecified atom stereocenters. The normalized spacial score (nSPS) is 11.3. The van der Waals surface area contributed by atoms with Crippen LogP contribution in [0.1, 0.15) is 16.2 Å². The SMILES string of the molecule is NS(=O)(=O)c1ccc(F)c(C(=O)OCc2nc(-c3ccccc3)no2)c1. The molecule has 2 aromatic carbocycles. The number of nitrogens with two attached hydrogens (primary N) is 1. The maximum Gasteiger partial charge on any atom is 0.341 e. The van der Waals surface area contributed by atoms with Gasteiger partial charge in [0, 0.05) is 5.56 Å². The van der Waals surface area contributed by atoms with E-state index in [1.807, 2.05) is 6.07 Å². The molecule has 26 heavy (non-hydrogen) atoms. The van der Waals surface area contributed by atoms with E-state index >= 15 is 0 Å². The topological polar surface area (TPSA) is 125 Å². The predicted molar refractivity (Wildman–Crippen MR) is 86.6 cm³/mol. The standard InChI is InChI=1S/C16H12FN3O5S/c17-13-7-6-11(26(18,22)23)8-12(13)16(21)24-9-14-19-15(20-25-14)10-4-2-1-3-5-10/h1-8H,9H2,(H2,18,22,23). The van der Waals surface area contributed by atoms with Gasteiger partial charge in [0.15, 0.2) is 6.61 Å². The Morgan fingerprint density at radius 3 is 2.62 bits per heavy atom. The molecule has 2 N–H and O–H groups in total. The summed E-state index contributed by atoms with van der Waals surface area (Å²) in [6, 6.07) is 11.5. The molecule has 0 spiro atoms. The number of ether oxygens (including phenoxy) is 1. The minimum absolute atomic E-state index is 0.000196. The summed E-state index contributed by atoms with van der Waals surface area (Å²) in [7, 11) is -4.09. The van der Waals surface area contributed by atoms with E-state index in [4.69, 9.17) is 14.4 Å². The predicted octanol–water partition coefficient (Wildman–Crippen LogP) is 1.88. The van der Waals surface area contributed by atoms with Gasteiger partial charge in [-0.1, -0.05) is 35.5 Å². The number of esters is 1. The monoisotopic (exact) mass is 377 g/mol. The lowest BCUT2D eigenvalue weighted by atomic mass is 10.2. The fourth-order valence-corrected chi connectivity index (χ4v) is 2.60. The molecule has 134 valence electrons. The maximum absolute atomic E-state index is 13.8. The van der Waals surface area contributed by atoms with Crippen LogP contribution in [-0.4, -0.2) is 24.5 Å². The number of carbonyl (C=O) groups is 1. The van der Waals surface area contributed by atoms with Crippen molar-refractivity contribution in [2.24, 2.45) is 5.14 Å². The van der Waals surface area contributed by atoms with Crippen molar-refractivity contribution in [2.45, 2.75) is 11.5 Å². The number of hydrogen-bond donors (Lipinski definition) is 1. The summed E-state index contributed by atoms with van der Waals surface area (Å²) < 4.78 is 46.2. The van der Waals surface area contributed by atoms with Gasteiger partial charge in [-0.25, -0.2) is 22.7 Å². The quantitative estimate of drug-likeness (QED) is 0.673. The Morgan fingerprint density at radius 2 is 1.92 bits per heavy atom. The van der Waals surface area contributed by atoms with Crippen LogP contribution < -0.4 is 5.14 Å². The summed E-state index contributed by atoms with van der Waals surface area (Å²) in [6.45, 7) is -0.405. The van der Waals surface area contributed by atoms with Crippen LogP contribution in [0.4, 0.5) is 4.39 Å². The first kappa shape index (κ1) is 17.7. The highest BCUT2D eigenvalue weighted by atomic mass is 32.2. The highest BCUT2D eigenvalue weighted by molar-refractivity contribution is 7.89. The molecular weight excluding hydrogens is 365 g/mol. The highest BCUT2D eigenvalue weighted by Crippen LogP contribution is 2.17. The zero-order chi connectivity index (χ0) is 18.7. The van der Waals surface area contributed by atoms with Gasteiger partial charge in [0.05, 0.1) is 10.5 Å². The zero-order valence-corrected chi connectivity index (χ0v) is 13.9. The zero-order valence-electron chi connectivity index (χ0n) is 13.1. The van der Waals surface area contributed by atoms with E-state index in [0.29, 0.717) is 11.4 Å². The summed E-state index contributed by atoms with van der Waals surface area (Å²) in [5.41, 5.74) is 0.139. The van der Waals surface area contributed by atoms with Gasteiger partial charge in [-0.15, -0.1) is 0 Å². The van der Waals surface area contributed by atoms with Crippen LogP contribution in [0, 0.1) is 5.82 Å². The molecule has 0 saturated carbocycles. The van der Waals surface area contributed by atoms with Gasteiger partial charge in [0.25, 0.3) is 5.89 Å². The van der Waals surface area contributed by atoms with Crippen LogP contribution in [0.2, 0.25) is 0 Å². The largest absolute Gasteiger partial charge is 0.452 e. The highest BCUT2D eigenvalue weighted by Gasteiger charge is 2.19. The van der Waals surface area contributed by atoms with Gasteiger partial charge in [0.1, 0.15) is 5.82 Å². The molecule has 3 rings (SSSR count). The molecule has 3 aromatic rings. The van der Waals surface area contributed by atoms with E-state index in [1.54, 1.807) is 24.3 Å². The van der Waals surface area contributed by atoms with Crippen molar-refractivity contribution >= 4 is 16.0 Å². The van der Waals surface area contributed by atoms with E-state index in [9.17, 15) is 17.6 Å². The second-order valence-corrected chi connectivity index (χ2v) is 6.70. The minimum atomic E-state index is -4.09. The van der Waals surface area contributed by atoms with Gasteiger partial charge >= 0.3 is 5.97 Å². The van der Waals surface area contributed by atoms with Gasteiger partial charge < -0.3 is 9.26 Å². The van der Waals surface area contributed by atoms with Crippen molar-refractivity contribution < 1.29 is 26.9 Å². The third kappa shape index (κ3) is 3.92.